The Morgan fingerprint density at radius 3 is 2.27 bits per heavy atom. The summed E-state index contributed by atoms with van der Waals surface area (Å²) in [6, 6.07) is 17.1. The van der Waals surface area contributed by atoms with Crippen LogP contribution in [-0.4, -0.2) is 44.8 Å². The molecule has 1 N–H and O–H groups in total. The number of benzene rings is 3. The van der Waals surface area contributed by atoms with Crippen molar-refractivity contribution in [2.75, 3.05) is 17.9 Å². The molecule has 11 heteroatoms. The largest absolute Gasteiger partial charge is 0.357 e. The Labute approximate surface area is 235 Å². The van der Waals surface area contributed by atoms with Crippen molar-refractivity contribution < 1.29 is 18.0 Å². The third-order valence-electron chi connectivity index (χ3n) is 5.73. The van der Waals surface area contributed by atoms with Crippen LogP contribution >= 0.6 is 39.1 Å². The fourth-order valence-electron chi connectivity index (χ4n) is 3.63. The first-order valence-corrected chi connectivity index (χ1v) is 14.2. The molecule has 3 aromatic carbocycles. The van der Waals surface area contributed by atoms with Crippen molar-refractivity contribution in [1.29, 1.82) is 0 Å². The number of aryl methyl sites for hydroxylation is 1. The van der Waals surface area contributed by atoms with Crippen molar-refractivity contribution in [2.24, 2.45) is 0 Å². The van der Waals surface area contributed by atoms with Crippen molar-refractivity contribution in [3.63, 3.8) is 0 Å². The molecule has 0 radical (unpaired) electrons. The number of carbonyl (C=O) groups excluding carboxylic acids is 2. The van der Waals surface area contributed by atoms with Gasteiger partial charge in [0.1, 0.15) is 12.6 Å². The molecule has 1 atom stereocenters. The number of hydrogen-bond donors (Lipinski definition) is 1. The molecule has 37 heavy (non-hydrogen) atoms. The van der Waals surface area contributed by atoms with Gasteiger partial charge in [-0.3, -0.25) is 13.9 Å². The van der Waals surface area contributed by atoms with E-state index in [4.69, 9.17) is 23.2 Å². The maximum absolute atomic E-state index is 13.8. The van der Waals surface area contributed by atoms with Gasteiger partial charge in [0.2, 0.25) is 11.8 Å². The highest BCUT2D eigenvalue weighted by Crippen LogP contribution is 2.31. The second-order valence-corrected chi connectivity index (χ2v) is 12.0. The van der Waals surface area contributed by atoms with E-state index in [1.165, 1.54) is 42.3 Å². The molecule has 0 aliphatic carbocycles. The predicted molar refractivity (Wildman–Crippen MR) is 150 cm³/mol. The van der Waals surface area contributed by atoms with Crippen molar-refractivity contribution in [3.8, 4) is 0 Å². The summed E-state index contributed by atoms with van der Waals surface area (Å²) < 4.78 is 29.3. The van der Waals surface area contributed by atoms with Gasteiger partial charge in [0.25, 0.3) is 10.0 Å². The Morgan fingerprint density at radius 2 is 1.68 bits per heavy atom. The molecule has 2 amide bonds. The topological polar surface area (TPSA) is 86.8 Å². The molecule has 196 valence electrons. The third-order valence-corrected chi connectivity index (χ3v) is 8.76. The minimum absolute atomic E-state index is 0.00913. The number of likely N-dealkylation sites (N-methyl/N-ethyl adjacent to an activating group) is 1. The van der Waals surface area contributed by atoms with Gasteiger partial charge in [0.05, 0.1) is 20.6 Å². The average molecular weight is 627 g/mol. The number of halogens is 3. The molecule has 0 bridgehead atoms. The van der Waals surface area contributed by atoms with Crippen LogP contribution in [0.3, 0.4) is 0 Å². The Balaban J connectivity index is 2.06. The lowest BCUT2D eigenvalue weighted by Crippen LogP contribution is -2.50. The molecule has 3 aromatic rings. The zero-order valence-corrected chi connectivity index (χ0v) is 24.3. The quantitative estimate of drug-likeness (QED) is 0.344. The summed E-state index contributed by atoms with van der Waals surface area (Å²) in [7, 11) is -2.71. The maximum atomic E-state index is 13.8. The van der Waals surface area contributed by atoms with E-state index in [0.717, 1.165) is 19.9 Å². The number of rotatable bonds is 9. The van der Waals surface area contributed by atoms with Gasteiger partial charge in [0.15, 0.2) is 0 Å². The first-order valence-electron chi connectivity index (χ1n) is 11.2. The van der Waals surface area contributed by atoms with Crippen LogP contribution in [-0.2, 0) is 26.2 Å². The molecular weight excluding hydrogens is 601 g/mol. The van der Waals surface area contributed by atoms with E-state index in [0.29, 0.717) is 0 Å². The molecule has 0 saturated carbocycles. The monoisotopic (exact) mass is 625 g/mol. The molecule has 0 fully saturated rings. The van der Waals surface area contributed by atoms with Crippen molar-refractivity contribution in [3.05, 3.63) is 92.4 Å². The zero-order chi connectivity index (χ0) is 27.3. The molecule has 0 aliphatic rings. The van der Waals surface area contributed by atoms with Gasteiger partial charge in [-0.25, -0.2) is 8.42 Å². The summed E-state index contributed by atoms with van der Waals surface area (Å²) in [6.45, 7) is 2.96. The van der Waals surface area contributed by atoms with E-state index in [9.17, 15) is 18.0 Å². The van der Waals surface area contributed by atoms with Crippen LogP contribution in [0.1, 0.15) is 18.1 Å². The molecule has 0 heterocycles. The second-order valence-electron chi connectivity index (χ2n) is 8.36. The van der Waals surface area contributed by atoms with Crippen molar-refractivity contribution in [1.82, 2.24) is 10.2 Å². The highest BCUT2D eigenvalue weighted by molar-refractivity contribution is 9.10. The van der Waals surface area contributed by atoms with Crippen LogP contribution in [0.5, 0.6) is 0 Å². The SMILES string of the molecule is CNC(=O)[C@@H](C)N(Cc1cccc(Br)c1)C(=O)CN(c1ccc(Cl)c(Cl)c1)S(=O)(=O)c1ccc(C)cc1. The highest BCUT2D eigenvalue weighted by Gasteiger charge is 2.32. The minimum atomic E-state index is -4.18. The number of carbonyl (C=O) groups is 2. The lowest BCUT2D eigenvalue weighted by Gasteiger charge is -2.32. The highest BCUT2D eigenvalue weighted by atomic mass is 79.9. The standard InChI is InChI=1S/C26H26BrCl2N3O4S/c1-17-7-10-22(11-8-17)37(35,36)32(21-9-12-23(28)24(29)14-21)16-25(33)31(18(2)26(34)30-3)15-19-5-4-6-20(27)13-19/h4-14,18H,15-16H2,1-3H3,(H,30,34)/t18-/m1/s1. The van der Waals surface area contributed by atoms with Crippen molar-refractivity contribution >= 4 is 66.7 Å². The summed E-state index contributed by atoms with van der Waals surface area (Å²) in [5.41, 5.74) is 1.81. The van der Waals surface area contributed by atoms with E-state index in [1.54, 1.807) is 19.1 Å². The maximum Gasteiger partial charge on any atom is 0.264 e. The zero-order valence-electron chi connectivity index (χ0n) is 20.4. The van der Waals surface area contributed by atoms with E-state index >= 15 is 0 Å². The molecule has 0 spiro atoms. The van der Waals surface area contributed by atoms with Crippen LogP contribution < -0.4 is 9.62 Å². The van der Waals surface area contributed by atoms with Crippen LogP contribution in [0.2, 0.25) is 10.0 Å². The molecule has 0 saturated heterocycles. The van der Waals surface area contributed by atoms with Crippen LogP contribution in [0.15, 0.2) is 76.1 Å². The van der Waals surface area contributed by atoms with Gasteiger partial charge < -0.3 is 10.2 Å². The number of hydrogen-bond acceptors (Lipinski definition) is 4. The summed E-state index contributed by atoms with van der Waals surface area (Å²) in [5.74, 6) is -0.955. The fourth-order valence-corrected chi connectivity index (χ4v) is 5.77. The van der Waals surface area contributed by atoms with Crippen LogP contribution in [0.25, 0.3) is 0 Å². The molecule has 7 nitrogen and oxygen atoms in total. The molecule has 0 aromatic heterocycles. The van der Waals surface area contributed by atoms with E-state index in [-0.39, 0.29) is 33.1 Å². The number of amides is 2. The average Bonchev–Trinajstić information content (AvgIpc) is 2.86. The van der Waals surface area contributed by atoms with E-state index in [2.05, 4.69) is 21.2 Å². The Bertz CT molecular complexity index is 1400. The molecule has 3 rings (SSSR count). The van der Waals surface area contributed by atoms with Crippen LogP contribution in [0.4, 0.5) is 5.69 Å². The van der Waals surface area contributed by atoms with Gasteiger partial charge in [-0.2, -0.15) is 0 Å². The van der Waals surface area contributed by atoms with E-state index in [1.807, 2.05) is 31.2 Å². The second kappa shape index (κ2) is 12.3. The summed E-state index contributed by atoms with van der Waals surface area (Å²) in [6.07, 6.45) is 0. The van der Waals surface area contributed by atoms with Crippen LogP contribution in [0, 0.1) is 6.92 Å². The number of nitrogens with one attached hydrogen (secondary N) is 1. The first kappa shape index (κ1) is 29.0. The first-order chi connectivity index (χ1) is 17.4. The minimum Gasteiger partial charge on any atom is -0.357 e. The summed E-state index contributed by atoms with van der Waals surface area (Å²) >= 11 is 15.7. The van der Waals surface area contributed by atoms with Gasteiger partial charge >= 0.3 is 0 Å². The molecule has 0 aliphatic heterocycles. The van der Waals surface area contributed by atoms with Crippen molar-refractivity contribution in [2.45, 2.75) is 31.3 Å². The number of sulfonamides is 1. The lowest BCUT2D eigenvalue weighted by molar-refractivity contribution is -0.139. The molecular formula is C26H26BrCl2N3O4S. The van der Waals surface area contributed by atoms with Gasteiger partial charge in [-0.15, -0.1) is 0 Å². The van der Waals surface area contributed by atoms with Gasteiger partial charge in [-0.1, -0.05) is 69.0 Å². The number of nitrogens with zero attached hydrogens (tertiary/aromatic N) is 2. The molecule has 0 unspecified atom stereocenters. The normalized spacial score (nSPS) is 12.1. The predicted octanol–water partition coefficient (Wildman–Crippen LogP) is 5.42. The Morgan fingerprint density at radius 1 is 1.00 bits per heavy atom. The van der Waals surface area contributed by atoms with Gasteiger partial charge in [0, 0.05) is 18.1 Å². The lowest BCUT2D eigenvalue weighted by atomic mass is 10.1. The third kappa shape index (κ3) is 7.04. The number of anilines is 1. The Kier molecular flexibility index (Phi) is 9.63. The summed E-state index contributed by atoms with van der Waals surface area (Å²) in [4.78, 5) is 27.6. The van der Waals surface area contributed by atoms with E-state index < -0.39 is 28.5 Å². The Hall–Kier alpha value is -2.59. The smallest absolute Gasteiger partial charge is 0.264 e. The fraction of sp³-hybridized carbons (Fsp3) is 0.231. The summed E-state index contributed by atoms with van der Waals surface area (Å²) in [5, 5.41) is 2.93. The van der Waals surface area contributed by atoms with Gasteiger partial charge in [-0.05, 0) is 61.9 Å².